The summed E-state index contributed by atoms with van der Waals surface area (Å²) in [6, 6.07) is 0. The lowest BCUT2D eigenvalue weighted by Gasteiger charge is -2.62. The van der Waals surface area contributed by atoms with Gasteiger partial charge in [-0.1, -0.05) is 71.8 Å². The van der Waals surface area contributed by atoms with Gasteiger partial charge in [0.05, 0.1) is 12.2 Å². The van der Waals surface area contributed by atoms with Gasteiger partial charge in [-0.25, -0.2) is 0 Å². The molecule has 0 spiro atoms. The summed E-state index contributed by atoms with van der Waals surface area (Å²) in [5.74, 6) is 1.40. The van der Waals surface area contributed by atoms with Gasteiger partial charge in [-0.15, -0.1) is 0 Å². The molecule has 198 valence electrons. The van der Waals surface area contributed by atoms with Crippen LogP contribution in [-0.2, 0) is 4.79 Å². The lowest BCUT2D eigenvalue weighted by molar-refractivity contribution is -0.125. The molecule has 2 saturated carbocycles. The smallest absolute Gasteiger partial charge is 0.133 e. The maximum atomic E-state index is 13.0. The van der Waals surface area contributed by atoms with E-state index in [0.717, 1.165) is 57.8 Å². The third-order valence-corrected chi connectivity index (χ3v) is 12.5. The Morgan fingerprint density at radius 2 is 1.66 bits per heavy atom. The molecule has 4 aliphatic carbocycles. The Balaban J connectivity index is 1.72. The number of ketones is 1. The van der Waals surface area contributed by atoms with E-state index < -0.39 is 6.10 Å². The van der Waals surface area contributed by atoms with Crippen molar-refractivity contribution in [3.05, 3.63) is 23.3 Å². The van der Waals surface area contributed by atoms with E-state index in [1.165, 1.54) is 11.1 Å². The Hall–Kier alpha value is -0.930. The zero-order valence-electron chi connectivity index (χ0n) is 23.8. The second-order valence-corrected chi connectivity index (χ2v) is 14.4. The van der Waals surface area contributed by atoms with Crippen LogP contribution < -0.4 is 0 Å². The molecule has 0 bridgehead atoms. The van der Waals surface area contributed by atoms with E-state index in [4.69, 9.17) is 0 Å². The van der Waals surface area contributed by atoms with Crippen molar-refractivity contribution in [1.82, 2.24) is 0 Å². The van der Waals surface area contributed by atoms with Crippen LogP contribution in [0.25, 0.3) is 0 Å². The molecule has 1 unspecified atom stereocenters. The summed E-state index contributed by atoms with van der Waals surface area (Å²) in [6.07, 6.45) is 7.99. The molecule has 3 nitrogen and oxygen atoms in total. The van der Waals surface area contributed by atoms with Gasteiger partial charge < -0.3 is 10.2 Å². The molecule has 2 fully saturated rings. The molecule has 0 saturated heterocycles. The molecule has 0 aromatic heterocycles. The van der Waals surface area contributed by atoms with E-state index in [0.29, 0.717) is 11.8 Å². The molecule has 35 heavy (non-hydrogen) atoms. The lowest BCUT2D eigenvalue weighted by Crippen LogP contribution is -2.56. The number of aliphatic hydroxyl groups excluding tert-OH is 2. The van der Waals surface area contributed by atoms with Crippen molar-refractivity contribution < 1.29 is 15.0 Å². The van der Waals surface area contributed by atoms with Gasteiger partial charge in [-0.3, -0.25) is 4.79 Å². The monoisotopic (exact) mass is 484 g/mol. The van der Waals surface area contributed by atoms with Crippen molar-refractivity contribution in [3.8, 4) is 0 Å². The maximum Gasteiger partial charge on any atom is 0.133 e. The van der Waals surface area contributed by atoms with Crippen molar-refractivity contribution in [2.45, 2.75) is 125 Å². The largest absolute Gasteiger partial charge is 0.393 e. The third-order valence-electron chi connectivity index (χ3n) is 12.5. The van der Waals surface area contributed by atoms with Crippen LogP contribution in [-0.4, -0.2) is 28.2 Å². The maximum absolute atomic E-state index is 13.0. The Morgan fingerprint density at radius 3 is 2.26 bits per heavy atom. The second-order valence-electron chi connectivity index (χ2n) is 14.4. The zero-order valence-corrected chi connectivity index (χ0v) is 23.8. The average Bonchev–Trinajstić information content (AvgIpc) is 2.98. The van der Waals surface area contributed by atoms with E-state index in [9.17, 15) is 15.0 Å². The summed E-state index contributed by atoms with van der Waals surface area (Å²) >= 11 is 0. The number of hydrogen-bond acceptors (Lipinski definition) is 3. The van der Waals surface area contributed by atoms with Crippen LogP contribution in [0.4, 0.5) is 0 Å². The summed E-state index contributed by atoms with van der Waals surface area (Å²) < 4.78 is 0. The summed E-state index contributed by atoms with van der Waals surface area (Å²) in [5.41, 5.74) is 4.01. The number of aliphatic hydroxyl groups is 2. The molecule has 4 rings (SSSR count). The van der Waals surface area contributed by atoms with E-state index in [1.54, 1.807) is 12.5 Å². The highest BCUT2D eigenvalue weighted by atomic mass is 16.3. The number of rotatable bonds is 6. The van der Waals surface area contributed by atoms with Crippen molar-refractivity contribution in [1.29, 1.82) is 0 Å². The molecule has 0 aliphatic heterocycles. The highest BCUT2D eigenvalue weighted by Gasteiger charge is 2.67. The number of carbonyl (C=O) groups is 1. The molecule has 8 atom stereocenters. The summed E-state index contributed by atoms with van der Waals surface area (Å²) in [7, 11) is 0. The number of allylic oxidation sites excluding steroid dienone is 2. The first kappa shape index (κ1) is 27.1. The quantitative estimate of drug-likeness (QED) is 0.390. The predicted molar refractivity (Wildman–Crippen MR) is 144 cm³/mol. The van der Waals surface area contributed by atoms with E-state index in [1.807, 2.05) is 0 Å². The van der Waals surface area contributed by atoms with Gasteiger partial charge in [-0.2, -0.15) is 0 Å². The minimum absolute atomic E-state index is 0.00943. The topological polar surface area (TPSA) is 57.5 Å². The number of Topliss-reactive ketones (excluding diaryl/α,β-unsaturated/α-hetero) is 1. The Labute approximate surface area is 214 Å². The molecule has 0 aromatic rings. The standard InChI is InChI=1S/C32H52O3/c1-19(2)20(3)10-11-22(21(4)33)25-18-28(35)32(9)24-12-13-26-29(5,6)27(34)15-16-30(26,7)23(24)14-17-31(25,32)8/h19,22,25-28,34-35H,3,10-18H2,1-2,4-9H3/t22-,25+,26?,27-,28-,30+,31+,32+/m0/s1. The van der Waals surface area contributed by atoms with E-state index in [2.05, 4.69) is 55.0 Å². The number of fused-ring (bicyclic) bond motifs is 4. The Morgan fingerprint density at radius 1 is 1.00 bits per heavy atom. The van der Waals surface area contributed by atoms with Crippen molar-refractivity contribution in [2.75, 3.05) is 0 Å². The zero-order chi connectivity index (χ0) is 26.1. The van der Waals surface area contributed by atoms with Gasteiger partial charge in [-0.05, 0) is 98.7 Å². The summed E-state index contributed by atoms with van der Waals surface area (Å²) in [5, 5.41) is 22.6. The molecule has 0 amide bonds. The fraction of sp³-hybridized carbons (Fsp3) is 0.844. The molecular formula is C32H52O3. The van der Waals surface area contributed by atoms with Crippen LogP contribution in [0.1, 0.15) is 113 Å². The van der Waals surface area contributed by atoms with Crippen LogP contribution in [0.2, 0.25) is 0 Å². The normalized spacial score (nSPS) is 43.4. The summed E-state index contributed by atoms with van der Waals surface area (Å²) in [6.45, 7) is 22.1. The second kappa shape index (κ2) is 8.83. The van der Waals surface area contributed by atoms with Crippen LogP contribution in [0, 0.1) is 45.3 Å². The molecule has 0 heterocycles. The van der Waals surface area contributed by atoms with Crippen LogP contribution in [0.15, 0.2) is 23.3 Å². The average molecular weight is 485 g/mol. The van der Waals surface area contributed by atoms with Crippen LogP contribution >= 0.6 is 0 Å². The first-order chi connectivity index (χ1) is 16.1. The van der Waals surface area contributed by atoms with Crippen LogP contribution in [0.5, 0.6) is 0 Å². The lowest BCUT2D eigenvalue weighted by atomic mass is 9.43. The predicted octanol–water partition coefficient (Wildman–Crippen LogP) is 7.27. The Bertz CT molecular complexity index is 912. The SMILES string of the molecule is C=C(CC[C@@H](C(C)=O)[C@H]1C[C@H](O)[C@@]2(C)C3=C(CC[C@]12C)[C@@]1(C)CC[C@H](O)C(C)(C)C1CC3)C(C)C. The highest BCUT2D eigenvalue weighted by Crippen LogP contribution is 2.72. The fourth-order valence-corrected chi connectivity index (χ4v) is 9.68. The third kappa shape index (κ3) is 3.77. The molecule has 0 aromatic carbocycles. The van der Waals surface area contributed by atoms with Crippen molar-refractivity contribution in [2.24, 2.45) is 45.3 Å². The van der Waals surface area contributed by atoms with Gasteiger partial charge in [0, 0.05) is 11.3 Å². The van der Waals surface area contributed by atoms with Crippen LogP contribution in [0.3, 0.4) is 0 Å². The minimum Gasteiger partial charge on any atom is -0.393 e. The van der Waals surface area contributed by atoms with Gasteiger partial charge in [0.1, 0.15) is 5.78 Å². The molecular weight excluding hydrogens is 432 g/mol. The van der Waals surface area contributed by atoms with Gasteiger partial charge >= 0.3 is 0 Å². The first-order valence-corrected chi connectivity index (χ1v) is 14.4. The summed E-state index contributed by atoms with van der Waals surface area (Å²) in [4.78, 5) is 13.0. The number of carbonyl (C=O) groups excluding carboxylic acids is 1. The Kier molecular flexibility index (Phi) is 6.84. The van der Waals surface area contributed by atoms with Crippen molar-refractivity contribution in [3.63, 3.8) is 0 Å². The first-order valence-electron chi connectivity index (χ1n) is 14.4. The van der Waals surface area contributed by atoms with E-state index >= 15 is 0 Å². The number of hydrogen-bond donors (Lipinski definition) is 2. The van der Waals surface area contributed by atoms with Gasteiger partial charge in [0.15, 0.2) is 0 Å². The minimum atomic E-state index is -0.403. The molecule has 0 radical (unpaired) electrons. The molecule has 2 N–H and O–H groups in total. The molecule has 3 heteroatoms. The van der Waals surface area contributed by atoms with Gasteiger partial charge in [0.25, 0.3) is 0 Å². The van der Waals surface area contributed by atoms with Crippen molar-refractivity contribution >= 4 is 5.78 Å². The highest BCUT2D eigenvalue weighted by molar-refractivity contribution is 5.79. The molecule has 4 aliphatic rings. The van der Waals surface area contributed by atoms with Gasteiger partial charge in [0.2, 0.25) is 0 Å². The van der Waals surface area contributed by atoms with E-state index in [-0.39, 0.29) is 45.4 Å². The fourth-order valence-electron chi connectivity index (χ4n) is 9.68.